The van der Waals surface area contributed by atoms with Crippen molar-refractivity contribution in [2.45, 2.75) is 0 Å². The fraction of sp³-hybridized carbons (Fsp3) is 0. The maximum absolute atomic E-state index is 8.86. The SMILES string of the molecule is [C-]#[N+]c1cc2c3c(c1)N(c1c(-c4ccccc4)cccc1-c1ccccc1)c1ccc(-c4cccc5c4sc4ccccc45)cc1B3c1ccccc1N2c1c(-c2ccccc2)cccc1-c1ccccc1. The minimum atomic E-state index is -0.178. The number of nitrogens with zero attached hydrogens (tertiary/aromatic N) is 3. The van der Waals surface area contributed by atoms with Gasteiger partial charge >= 0.3 is 0 Å². The molecule has 334 valence electrons. The van der Waals surface area contributed by atoms with E-state index in [4.69, 9.17) is 6.57 Å². The molecule has 0 N–H and O–H groups in total. The molecule has 12 aromatic rings. The second-order valence-electron chi connectivity index (χ2n) is 18.6. The number of fused-ring (bicyclic) bond motifs is 7. The van der Waals surface area contributed by atoms with Crippen molar-refractivity contribution in [1.29, 1.82) is 0 Å². The Morgan fingerprint density at radius 1 is 0.347 bits per heavy atom. The van der Waals surface area contributed by atoms with Crippen LogP contribution in [0.25, 0.3) is 80.7 Å². The molecule has 1 aromatic heterocycles. The highest BCUT2D eigenvalue weighted by Gasteiger charge is 2.45. The minimum absolute atomic E-state index is 0.178. The van der Waals surface area contributed by atoms with Gasteiger partial charge in [-0.3, -0.25) is 0 Å². The summed E-state index contributed by atoms with van der Waals surface area (Å²) in [4.78, 5) is 9.31. The molecule has 0 bridgehead atoms. The van der Waals surface area contributed by atoms with Gasteiger partial charge in [0, 0.05) is 65.2 Å². The molecule has 0 amide bonds. The minimum Gasteiger partial charge on any atom is -0.311 e. The van der Waals surface area contributed by atoms with Crippen LogP contribution in [-0.2, 0) is 0 Å². The molecule has 3 heterocycles. The van der Waals surface area contributed by atoms with Crippen molar-refractivity contribution in [3.63, 3.8) is 0 Å². The van der Waals surface area contributed by atoms with E-state index in [1.165, 1.54) is 42.2 Å². The molecule has 0 radical (unpaired) electrons. The van der Waals surface area contributed by atoms with Crippen molar-refractivity contribution in [3.8, 4) is 55.6 Å². The first-order chi connectivity index (χ1) is 35.7. The number of para-hydroxylation sites is 3. The van der Waals surface area contributed by atoms with E-state index in [1.807, 2.05) is 11.3 Å². The Morgan fingerprint density at radius 3 is 1.33 bits per heavy atom. The summed E-state index contributed by atoms with van der Waals surface area (Å²) < 4.78 is 2.58. The topological polar surface area (TPSA) is 10.8 Å². The van der Waals surface area contributed by atoms with Gasteiger partial charge in [-0.05, 0) is 80.1 Å². The number of benzene rings is 11. The smallest absolute Gasteiger partial charge is 0.252 e. The third kappa shape index (κ3) is 6.58. The Morgan fingerprint density at radius 2 is 0.792 bits per heavy atom. The second kappa shape index (κ2) is 17.0. The fourth-order valence-electron chi connectivity index (χ4n) is 11.6. The standard InChI is InChI=1S/C67H42BN3S/c1-69-49-42-61-64-62(43-49)71(66-52(46-25-10-4-11-26-46)32-19-33-53(66)47-27-12-5-13-28-47)60-40-39-48(54-34-20-35-56-55-29-14-17-38-63(55)72-67(54)56)41-58(60)68(64)57-36-15-16-37-59(57)70(61)65-50(44-21-6-2-7-22-44)30-18-31-51(65)45-23-8-3-9-24-45/h2-43H. The Balaban J connectivity index is 1.12. The van der Waals surface area contributed by atoms with E-state index in [1.54, 1.807) is 0 Å². The molecule has 0 aliphatic carbocycles. The highest BCUT2D eigenvalue weighted by Crippen LogP contribution is 2.53. The van der Waals surface area contributed by atoms with E-state index in [9.17, 15) is 0 Å². The molecule has 11 aromatic carbocycles. The molecule has 2 aliphatic rings. The van der Waals surface area contributed by atoms with Crippen LogP contribution in [0.3, 0.4) is 0 Å². The van der Waals surface area contributed by atoms with Gasteiger partial charge < -0.3 is 9.80 Å². The third-order valence-corrected chi connectivity index (χ3v) is 15.9. The summed E-state index contributed by atoms with van der Waals surface area (Å²) in [6, 6.07) is 92.4. The first kappa shape index (κ1) is 41.7. The maximum Gasteiger partial charge on any atom is 0.252 e. The Labute approximate surface area is 423 Å². The number of hydrogen-bond donors (Lipinski definition) is 0. The first-order valence-electron chi connectivity index (χ1n) is 24.5. The Kier molecular flexibility index (Phi) is 9.87. The van der Waals surface area contributed by atoms with Gasteiger partial charge in [0.1, 0.15) is 0 Å². The Hall–Kier alpha value is -9.21. The Bertz CT molecular complexity index is 3990. The van der Waals surface area contributed by atoms with Gasteiger partial charge in [0.05, 0.1) is 17.9 Å². The second-order valence-corrected chi connectivity index (χ2v) is 19.6. The molecule has 0 atom stereocenters. The van der Waals surface area contributed by atoms with Crippen LogP contribution in [0, 0.1) is 6.57 Å². The van der Waals surface area contributed by atoms with Gasteiger partial charge in [-0.2, -0.15) is 0 Å². The van der Waals surface area contributed by atoms with Gasteiger partial charge in [-0.25, -0.2) is 4.85 Å². The molecule has 0 fully saturated rings. The van der Waals surface area contributed by atoms with Crippen LogP contribution >= 0.6 is 11.3 Å². The van der Waals surface area contributed by atoms with Crippen molar-refractivity contribution >= 4 is 94.4 Å². The summed E-state index contributed by atoms with van der Waals surface area (Å²) in [5.74, 6) is 0. The number of thiophene rings is 1. The predicted octanol–water partition coefficient (Wildman–Crippen LogP) is 17.0. The quantitative estimate of drug-likeness (QED) is 0.116. The molecular formula is C67H42BN3S. The van der Waals surface area contributed by atoms with Gasteiger partial charge in [0.15, 0.2) is 5.69 Å². The lowest BCUT2D eigenvalue weighted by molar-refractivity contribution is 1.26. The van der Waals surface area contributed by atoms with E-state index < -0.39 is 0 Å². The molecule has 0 saturated heterocycles. The molecule has 72 heavy (non-hydrogen) atoms. The van der Waals surface area contributed by atoms with Crippen LogP contribution < -0.4 is 26.2 Å². The van der Waals surface area contributed by atoms with E-state index in [2.05, 4.69) is 269 Å². The normalized spacial score (nSPS) is 12.3. The molecule has 2 aliphatic heterocycles. The lowest BCUT2D eigenvalue weighted by Crippen LogP contribution is -2.61. The summed E-state index contributed by atoms with van der Waals surface area (Å²) in [5.41, 5.74) is 21.8. The zero-order valence-corrected chi connectivity index (χ0v) is 39.9. The summed E-state index contributed by atoms with van der Waals surface area (Å²) in [6.07, 6.45) is 0. The van der Waals surface area contributed by atoms with E-state index >= 15 is 0 Å². The number of anilines is 6. The summed E-state index contributed by atoms with van der Waals surface area (Å²) in [7, 11) is 0. The number of rotatable bonds is 7. The molecule has 14 rings (SSSR count). The molecule has 0 saturated carbocycles. The average Bonchev–Trinajstić information content (AvgIpc) is 3.85. The van der Waals surface area contributed by atoms with Crippen LogP contribution in [0.4, 0.5) is 39.8 Å². The van der Waals surface area contributed by atoms with Gasteiger partial charge in [-0.15, -0.1) is 11.3 Å². The lowest BCUT2D eigenvalue weighted by atomic mass is 9.33. The lowest BCUT2D eigenvalue weighted by Gasteiger charge is -2.46. The van der Waals surface area contributed by atoms with Gasteiger partial charge in [-0.1, -0.05) is 224 Å². The van der Waals surface area contributed by atoms with Gasteiger partial charge in [0.2, 0.25) is 0 Å². The molecular weight excluding hydrogens is 890 g/mol. The molecule has 5 heteroatoms. The highest BCUT2D eigenvalue weighted by molar-refractivity contribution is 7.26. The zero-order chi connectivity index (χ0) is 47.7. The van der Waals surface area contributed by atoms with Crippen molar-refractivity contribution in [2.75, 3.05) is 9.80 Å². The third-order valence-electron chi connectivity index (χ3n) is 14.7. The molecule has 0 unspecified atom stereocenters. The zero-order valence-electron chi connectivity index (χ0n) is 39.1. The largest absolute Gasteiger partial charge is 0.311 e. The maximum atomic E-state index is 8.86. The van der Waals surface area contributed by atoms with Crippen molar-refractivity contribution < 1.29 is 0 Å². The van der Waals surface area contributed by atoms with E-state index in [0.717, 1.165) is 84.1 Å². The van der Waals surface area contributed by atoms with Crippen molar-refractivity contribution in [2.24, 2.45) is 0 Å². The van der Waals surface area contributed by atoms with Crippen LogP contribution in [0.15, 0.2) is 255 Å². The van der Waals surface area contributed by atoms with Crippen LogP contribution in [0.2, 0.25) is 0 Å². The number of hydrogen-bond acceptors (Lipinski definition) is 3. The summed E-state index contributed by atoms with van der Waals surface area (Å²) in [5, 5.41) is 2.57. The monoisotopic (exact) mass is 931 g/mol. The molecule has 0 spiro atoms. The first-order valence-corrected chi connectivity index (χ1v) is 25.3. The average molecular weight is 932 g/mol. The summed E-state index contributed by atoms with van der Waals surface area (Å²) in [6.45, 7) is 8.68. The van der Waals surface area contributed by atoms with E-state index in [-0.39, 0.29) is 6.71 Å². The fourth-order valence-corrected chi connectivity index (χ4v) is 12.8. The highest BCUT2D eigenvalue weighted by atomic mass is 32.1. The predicted molar refractivity (Wildman–Crippen MR) is 307 cm³/mol. The van der Waals surface area contributed by atoms with Crippen LogP contribution in [-0.4, -0.2) is 6.71 Å². The van der Waals surface area contributed by atoms with Crippen molar-refractivity contribution in [1.82, 2.24) is 0 Å². The molecule has 3 nitrogen and oxygen atoms in total. The van der Waals surface area contributed by atoms with Crippen LogP contribution in [0.5, 0.6) is 0 Å². The summed E-state index contributed by atoms with van der Waals surface area (Å²) >= 11 is 1.87. The van der Waals surface area contributed by atoms with Crippen LogP contribution in [0.1, 0.15) is 0 Å². The van der Waals surface area contributed by atoms with Crippen molar-refractivity contribution in [3.05, 3.63) is 266 Å². The van der Waals surface area contributed by atoms with E-state index in [0.29, 0.717) is 5.69 Å². The van der Waals surface area contributed by atoms with Gasteiger partial charge in [0.25, 0.3) is 6.71 Å².